The zero-order valence-electron chi connectivity index (χ0n) is 16.2. The molecule has 2 heterocycles. The molecule has 0 saturated heterocycles. The SMILES string of the molecule is CCOc1ccc(-c2c(C)sc3ncn(Cc4ccccc4C)c(=O)c23)cc1. The van der Waals surface area contributed by atoms with Gasteiger partial charge in [-0.25, -0.2) is 4.98 Å². The number of benzene rings is 2. The molecule has 0 bridgehead atoms. The molecule has 2 aromatic carbocycles. The summed E-state index contributed by atoms with van der Waals surface area (Å²) in [6.07, 6.45) is 1.66. The number of nitrogens with zero attached hydrogens (tertiary/aromatic N) is 2. The predicted octanol–water partition coefficient (Wildman–Crippen LogP) is 5.19. The van der Waals surface area contributed by atoms with Gasteiger partial charge in [-0.3, -0.25) is 9.36 Å². The molecule has 0 aliphatic carbocycles. The molecule has 0 N–H and O–H groups in total. The van der Waals surface area contributed by atoms with E-state index in [9.17, 15) is 4.79 Å². The van der Waals surface area contributed by atoms with E-state index in [0.29, 0.717) is 18.5 Å². The monoisotopic (exact) mass is 390 g/mol. The van der Waals surface area contributed by atoms with E-state index in [-0.39, 0.29) is 5.56 Å². The van der Waals surface area contributed by atoms with E-state index in [1.54, 1.807) is 22.2 Å². The van der Waals surface area contributed by atoms with Gasteiger partial charge < -0.3 is 4.74 Å². The van der Waals surface area contributed by atoms with Crippen LogP contribution in [0.2, 0.25) is 0 Å². The summed E-state index contributed by atoms with van der Waals surface area (Å²) in [4.78, 5) is 19.8. The third-order valence-corrected chi connectivity index (χ3v) is 5.92. The third kappa shape index (κ3) is 3.34. The Kier molecular flexibility index (Phi) is 5.01. The Morgan fingerprint density at radius 1 is 1.07 bits per heavy atom. The van der Waals surface area contributed by atoms with Crippen LogP contribution in [0.15, 0.2) is 59.7 Å². The van der Waals surface area contributed by atoms with E-state index in [4.69, 9.17) is 4.74 Å². The van der Waals surface area contributed by atoms with Gasteiger partial charge in [0.15, 0.2) is 0 Å². The predicted molar refractivity (Wildman–Crippen MR) is 116 cm³/mol. The Bertz CT molecular complexity index is 1190. The van der Waals surface area contributed by atoms with Crippen molar-refractivity contribution in [2.75, 3.05) is 6.61 Å². The second kappa shape index (κ2) is 7.60. The molecular weight excluding hydrogens is 368 g/mol. The molecule has 4 rings (SSSR count). The lowest BCUT2D eigenvalue weighted by molar-refractivity contribution is 0.340. The molecule has 0 saturated carbocycles. The summed E-state index contributed by atoms with van der Waals surface area (Å²) < 4.78 is 7.24. The summed E-state index contributed by atoms with van der Waals surface area (Å²) in [5, 5.41) is 0.697. The quantitative estimate of drug-likeness (QED) is 0.471. The van der Waals surface area contributed by atoms with Crippen LogP contribution in [0.4, 0.5) is 0 Å². The highest BCUT2D eigenvalue weighted by molar-refractivity contribution is 7.19. The molecule has 0 radical (unpaired) electrons. The van der Waals surface area contributed by atoms with Gasteiger partial charge in [0.05, 0.1) is 24.9 Å². The highest BCUT2D eigenvalue weighted by atomic mass is 32.1. The van der Waals surface area contributed by atoms with Crippen molar-refractivity contribution in [2.45, 2.75) is 27.3 Å². The Labute approximate surface area is 168 Å². The first-order valence-electron chi connectivity index (χ1n) is 9.34. The van der Waals surface area contributed by atoms with Crippen LogP contribution in [0.1, 0.15) is 22.9 Å². The van der Waals surface area contributed by atoms with Gasteiger partial charge in [0.25, 0.3) is 5.56 Å². The summed E-state index contributed by atoms with van der Waals surface area (Å²) in [7, 11) is 0. The Morgan fingerprint density at radius 2 is 1.82 bits per heavy atom. The second-order valence-electron chi connectivity index (χ2n) is 6.77. The first-order valence-corrected chi connectivity index (χ1v) is 10.2. The highest BCUT2D eigenvalue weighted by Gasteiger charge is 2.17. The summed E-state index contributed by atoms with van der Waals surface area (Å²) in [5.74, 6) is 0.832. The van der Waals surface area contributed by atoms with Crippen LogP contribution < -0.4 is 10.3 Å². The number of aromatic nitrogens is 2. The lowest BCUT2D eigenvalue weighted by atomic mass is 10.0. The van der Waals surface area contributed by atoms with Gasteiger partial charge in [-0.15, -0.1) is 11.3 Å². The zero-order chi connectivity index (χ0) is 19.7. The molecule has 5 heteroatoms. The van der Waals surface area contributed by atoms with Crippen molar-refractivity contribution >= 4 is 21.6 Å². The number of thiophene rings is 1. The normalized spacial score (nSPS) is 11.1. The van der Waals surface area contributed by atoms with Crippen molar-refractivity contribution in [3.8, 4) is 16.9 Å². The molecule has 0 amide bonds. The summed E-state index contributed by atoms with van der Waals surface area (Å²) in [6.45, 7) is 7.22. The van der Waals surface area contributed by atoms with Crippen molar-refractivity contribution < 1.29 is 4.74 Å². The van der Waals surface area contributed by atoms with Crippen LogP contribution in [0.5, 0.6) is 5.75 Å². The number of fused-ring (bicyclic) bond motifs is 1. The molecule has 0 fully saturated rings. The molecular formula is C23H22N2O2S. The topological polar surface area (TPSA) is 44.1 Å². The molecule has 0 unspecified atom stereocenters. The van der Waals surface area contributed by atoms with E-state index >= 15 is 0 Å². The second-order valence-corrected chi connectivity index (χ2v) is 7.98. The van der Waals surface area contributed by atoms with Gasteiger partial charge in [-0.1, -0.05) is 36.4 Å². The van der Waals surface area contributed by atoms with Crippen molar-refractivity contribution in [1.82, 2.24) is 9.55 Å². The van der Waals surface area contributed by atoms with Gasteiger partial charge in [-0.2, -0.15) is 0 Å². The largest absolute Gasteiger partial charge is 0.494 e. The number of ether oxygens (including phenoxy) is 1. The summed E-state index contributed by atoms with van der Waals surface area (Å²) in [5.41, 5.74) is 4.28. The van der Waals surface area contributed by atoms with E-state index in [1.165, 1.54) is 5.56 Å². The van der Waals surface area contributed by atoms with Gasteiger partial charge >= 0.3 is 0 Å². The highest BCUT2D eigenvalue weighted by Crippen LogP contribution is 2.36. The number of aryl methyl sites for hydroxylation is 2. The average molecular weight is 391 g/mol. The molecule has 28 heavy (non-hydrogen) atoms. The molecule has 0 spiro atoms. The zero-order valence-corrected chi connectivity index (χ0v) is 17.0. The van der Waals surface area contributed by atoms with E-state index in [2.05, 4.69) is 24.0 Å². The van der Waals surface area contributed by atoms with Gasteiger partial charge in [0, 0.05) is 10.4 Å². The molecule has 0 aliphatic rings. The van der Waals surface area contributed by atoms with Crippen LogP contribution in [-0.4, -0.2) is 16.2 Å². The van der Waals surface area contributed by atoms with Gasteiger partial charge in [0.2, 0.25) is 0 Å². The van der Waals surface area contributed by atoms with Crippen molar-refractivity contribution in [1.29, 1.82) is 0 Å². The maximum Gasteiger partial charge on any atom is 0.263 e. The Balaban J connectivity index is 1.83. The first-order chi connectivity index (χ1) is 13.6. The molecule has 4 aromatic rings. The maximum atomic E-state index is 13.3. The minimum Gasteiger partial charge on any atom is -0.494 e. The molecule has 2 aromatic heterocycles. The van der Waals surface area contributed by atoms with E-state index < -0.39 is 0 Å². The number of rotatable bonds is 5. The standard InChI is InChI=1S/C23H22N2O2S/c1-4-27-19-11-9-17(10-12-19)20-16(3)28-22-21(20)23(26)25(14-24-22)13-18-8-6-5-7-15(18)2/h5-12,14H,4,13H2,1-3H3. The molecule has 142 valence electrons. The first kappa shape index (κ1) is 18.4. The van der Waals surface area contributed by atoms with Gasteiger partial charge in [-0.05, 0) is 49.6 Å². The van der Waals surface area contributed by atoms with Gasteiger partial charge in [0.1, 0.15) is 10.6 Å². The van der Waals surface area contributed by atoms with E-state index in [0.717, 1.165) is 32.1 Å². The minimum absolute atomic E-state index is 0.00138. The summed E-state index contributed by atoms with van der Waals surface area (Å²) in [6, 6.07) is 16.0. The third-order valence-electron chi connectivity index (χ3n) is 4.91. The van der Waals surface area contributed by atoms with Crippen LogP contribution in [0.3, 0.4) is 0 Å². The van der Waals surface area contributed by atoms with Crippen molar-refractivity contribution in [2.24, 2.45) is 0 Å². The lowest BCUT2D eigenvalue weighted by Gasteiger charge is -2.09. The van der Waals surface area contributed by atoms with Crippen molar-refractivity contribution in [3.05, 3.63) is 81.2 Å². The van der Waals surface area contributed by atoms with E-state index in [1.807, 2.05) is 50.2 Å². The average Bonchev–Trinajstić information content (AvgIpc) is 3.03. The van der Waals surface area contributed by atoms with Crippen molar-refractivity contribution in [3.63, 3.8) is 0 Å². The smallest absolute Gasteiger partial charge is 0.263 e. The number of hydrogen-bond acceptors (Lipinski definition) is 4. The minimum atomic E-state index is 0.00138. The Hall–Kier alpha value is -2.92. The fourth-order valence-corrected chi connectivity index (χ4v) is 4.46. The number of hydrogen-bond donors (Lipinski definition) is 0. The maximum absolute atomic E-state index is 13.3. The Morgan fingerprint density at radius 3 is 2.54 bits per heavy atom. The molecule has 0 aliphatic heterocycles. The summed E-state index contributed by atoms with van der Waals surface area (Å²) >= 11 is 1.56. The van der Waals surface area contributed by atoms with Crippen LogP contribution in [-0.2, 0) is 6.54 Å². The fourth-order valence-electron chi connectivity index (χ4n) is 3.45. The molecule has 0 atom stereocenters. The van der Waals surface area contributed by atoms with Crippen LogP contribution in [0.25, 0.3) is 21.3 Å². The fraction of sp³-hybridized carbons (Fsp3) is 0.217. The van der Waals surface area contributed by atoms with Crippen LogP contribution >= 0.6 is 11.3 Å². The lowest BCUT2D eigenvalue weighted by Crippen LogP contribution is -2.21. The molecule has 4 nitrogen and oxygen atoms in total. The van der Waals surface area contributed by atoms with Crippen LogP contribution in [0, 0.1) is 13.8 Å².